The first-order valence-electron chi connectivity index (χ1n) is 10.00. The van der Waals surface area contributed by atoms with E-state index in [2.05, 4.69) is 48.7 Å². The number of rotatable bonds is 3. The molecule has 5 rings (SSSR count). The number of fused-ring (bicyclic) bond motifs is 4. The van der Waals surface area contributed by atoms with E-state index in [4.69, 9.17) is 4.98 Å². The van der Waals surface area contributed by atoms with Crippen molar-refractivity contribution in [3.63, 3.8) is 0 Å². The molecule has 4 nitrogen and oxygen atoms in total. The summed E-state index contributed by atoms with van der Waals surface area (Å²) in [6.45, 7) is 6.18. The first-order chi connectivity index (χ1) is 12.6. The second kappa shape index (κ2) is 5.78. The predicted molar refractivity (Wildman–Crippen MR) is 103 cm³/mol. The van der Waals surface area contributed by atoms with Crippen LogP contribution in [-0.4, -0.2) is 24.0 Å². The van der Waals surface area contributed by atoms with Gasteiger partial charge in [0.05, 0.1) is 11.2 Å². The Morgan fingerprint density at radius 1 is 1.12 bits per heavy atom. The molecule has 2 aromatic rings. The zero-order chi connectivity index (χ0) is 17.9. The highest BCUT2D eigenvalue weighted by atomic mass is 16.2. The lowest BCUT2D eigenvalue weighted by Crippen LogP contribution is -2.44. The average molecular weight is 349 g/mol. The second-order valence-corrected chi connectivity index (χ2v) is 8.76. The number of hydrogen-bond acceptors (Lipinski definition) is 3. The van der Waals surface area contributed by atoms with Crippen LogP contribution in [0.5, 0.6) is 0 Å². The Hall–Kier alpha value is -1.94. The van der Waals surface area contributed by atoms with Crippen molar-refractivity contribution in [2.45, 2.75) is 45.1 Å². The van der Waals surface area contributed by atoms with Gasteiger partial charge in [0.15, 0.2) is 0 Å². The zero-order valence-corrected chi connectivity index (χ0v) is 15.6. The van der Waals surface area contributed by atoms with E-state index in [9.17, 15) is 4.79 Å². The van der Waals surface area contributed by atoms with Gasteiger partial charge in [-0.3, -0.25) is 9.78 Å². The van der Waals surface area contributed by atoms with Crippen molar-refractivity contribution in [1.29, 1.82) is 0 Å². The molecule has 2 fully saturated rings. The smallest absolute Gasteiger partial charge is 0.224 e. The van der Waals surface area contributed by atoms with Crippen LogP contribution in [0.1, 0.15) is 43.6 Å². The summed E-state index contributed by atoms with van der Waals surface area (Å²) in [7, 11) is 0. The van der Waals surface area contributed by atoms with Gasteiger partial charge >= 0.3 is 0 Å². The molecule has 26 heavy (non-hydrogen) atoms. The first kappa shape index (κ1) is 16.2. The van der Waals surface area contributed by atoms with Crippen molar-refractivity contribution < 1.29 is 4.79 Å². The lowest BCUT2D eigenvalue weighted by Gasteiger charge is -2.30. The Balaban J connectivity index is 1.52. The number of amides is 1. The molecule has 3 atom stereocenters. The van der Waals surface area contributed by atoms with E-state index in [-0.39, 0.29) is 11.8 Å². The van der Waals surface area contributed by atoms with Gasteiger partial charge in [0.2, 0.25) is 5.91 Å². The largest absolute Gasteiger partial charge is 0.345 e. The Labute approximate surface area is 154 Å². The van der Waals surface area contributed by atoms with Gasteiger partial charge in [-0.2, -0.15) is 0 Å². The number of nitrogens with one attached hydrogen (secondary N) is 2. The first-order valence-corrected chi connectivity index (χ1v) is 10.00. The van der Waals surface area contributed by atoms with Crippen LogP contribution in [0.4, 0.5) is 0 Å². The van der Waals surface area contributed by atoms with Gasteiger partial charge in [-0.15, -0.1) is 0 Å². The number of carbonyl (C=O) groups is 1. The fraction of sp³-hybridized carbons (Fsp3) is 0.545. The summed E-state index contributed by atoms with van der Waals surface area (Å²) in [6, 6.07) is 8.58. The van der Waals surface area contributed by atoms with Crippen LogP contribution in [0, 0.1) is 17.8 Å². The van der Waals surface area contributed by atoms with Crippen molar-refractivity contribution in [3.8, 4) is 0 Å². The SMILES string of the molecule is CC(C)(NC(=O)C1C2CNC[C@@H]21)c1nc2c(c3ccccc13)CCCC2. The number of hydrogen-bond donors (Lipinski definition) is 2. The van der Waals surface area contributed by atoms with Crippen molar-refractivity contribution in [2.75, 3.05) is 13.1 Å². The monoisotopic (exact) mass is 349 g/mol. The third-order valence-electron chi connectivity index (χ3n) is 6.61. The average Bonchev–Trinajstić information content (AvgIpc) is 3.14. The zero-order valence-electron chi connectivity index (χ0n) is 15.6. The topological polar surface area (TPSA) is 54.0 Å². The maximum atomic E-state index is 12.9. The molecule has 2 heterocycles. The molecule has 0 bridgehead atoms. The Bertz CT molecular complexity index is 878. The van der Waals surface area contributed by atoms with E-state index in [1.807, 2.05) is 0 Å². The predicted octanol–water partition coefficient (Wildman–Crippen LogP) is 2.93. The van der Waals surface area contributed by atoms with Crippen molar-refractivity contribution in [1.82, 2.24) is 15.6 Å². The van der Waals surface area contributed by atoms with E-state index in [1.165, 1.54) is 34.9 Å². The number of aryl methyl sites for hydroxylation is 2. The van der Waals surface area contributed by atoms with Crippen LogP contribution in [0.15, 0.2) is 24.3 Å². The van der Waals surface area contributed by atoms with Crippen molar-refractivity contribution >= 4 is 16.7 Å². The lowest BCUT2D eigenvalue weighted by molar-refractivity contribution is -0.124. The molecule has 1 saturated carbocycles. The molecule has 0 radical (unpaired) electrons. The minimum Gasteiger partial charge on any atom is -0.345 e. The number of aromatic nitrogens is 1. The normalized spacial score (nSPS) is 27.1. The molecule has 1 amide bonds. The maximum Gasteiger partial charge on any atom is 0.224 e. The number of benzene rings is 1. The fourth-order valence-electron chi connectivity index (χ4n) is 5.19. The molecule has 1 aromatic carbocycles. The van der Waals surface area contributed by atoms with E-state index in [0.717, 1.165) is 31.6 Å². The third-order valence-corrected chi connectivity index (χ3v) is 6.61. The molecular formula is C22H27N3O. The highest BCUT2D eigenvalue weighted by Gasteiger charge is 2.57. The maximum absolute atomic E-state index is 12.9. The summed E-state index contributed by atoms with van der Waals surface area (Å²) in [5.41, 5.74) is 3.21. The number of piperidine rings is 1. The quantitative estimate of drug-likeness (QED) is 0.896. The third kappa shape index (κ3) is 2.46. The Morgan fingerprint density at radius 2 is 1.81 bits per heavy atom. The summed E-state index contributed by atoms with van der Waals surface area (Å²) in [5.74, 6) is 1.48. The summed E-state index contributed by atoms with van der Waals surface area (Å²) in [6.07, 6.45) is 4.63. The van der Waals surface area contributed by atoms with Gasteiger partial charge in [0.25, 0.3) is 0 Å². The molecule has 1 aliphatic heterocycles. The number of pyridine rings is 1. The van der Waals surface area contributed by atoms with Crippen LogP contribution in [0.3, 0.4) is 0 Å². The Morgan fingerprint density at radius 3 is 2.58 bits per heavy atom. The van der Waals surface area contributed by atoms with E-state index >= 15 is 0 Å². The summed E-state index contributed by atoms with van der Waals surface area (Å²) in [4.78, 5) is 18.0. The van der Waals surface area contributed by atoms with E-state index in [0.29, 0.717) is 11.8 Å². The molecule has 3 aliphatic rings. The van der Waals surface area contributed by atoms with Gasteiger partial charge in [-0.1, -0.05) is 24.3 Å². The van der Waals surface area contributed by atoms with Crippen molar-refractivity contribution in [2.24, 2.45) is 17.8 Å². The van der Waals surface area contributed by atoms with Gasteiger partial charge in [0.1, 0.15) is 0 Å². The fourth-order valence-corrected chi connectivity index (χ4v) is 5.19. The summed E-state index contributed by atoms with van der Waals surface area (Å²) in [5, 5.41) is 9.21. The summed E-state index contributed by atoms with van der Waals surface area (Å²) < 4.78 is 0. The number of nitrogens with zero attached hydrogens (tertiary/aromatic N) is 1. The van der Waals surface area contributed by atoms with Gasteiger partial charge < -0.3 is 10.6 Å². The van der Waals surface area contributed by atoms with Crippen LogP contribution in [-0.2, 0) is 23.2 Å². The minimum atomic E-state index is -0.465. The molecule has 4 heteroatoms. The highest BCUT2D eigenvalue weighted by molar-refractivity contribution is 5.90. The van der Waals surface area contributed by atoms with E-state index < -0.39 is 5.54 Å². The van der Waals surface area contributed by atoms with Gasteiger partial charge in [0, 0.05) is 17.0 Å². The number of carbonyl (C=O) groups excluding carboxylic acids is 1. The van der Waals surface area contributed by atoms with Crippen LogP contribution in [0.2, 0.25) is 0 Å². The van der Waals surface area contributed by atoms with Crippen LogP contribution in [0.25, 0.3) is 10.8 Å². The standard InChI is InChI=1S/C22H27N3O/c1-22(2,25-21(26)19-16-11-23-12-17(16)19)20-15-9-4-3-7-13(15)14-8-5-6-10-18(14)24-20/h3-4,7,9,16-17,19,23H,5-6,8,10-12H2,1-2H3,(H,25,26)/t16-,17?,19?/m0/s1. The minimum absolute atomic E-state index is 0.194. The Kier molecular flexibility index (Phi) is 3.61. The van der Waals surface area contributed by atoms with Crippen molar-refractivity contribution in [3.05, 3.63) is 41.2 Å². The molecule has 1 aromatic heterocycles. The lowest BCUT2D eigenvalue weighted by atomic mass is 9.87. The van der Waals surface area contributed by atoms with Gasteiger partial charge in [-0.25, -0.2) is 0 Å². The molecule has 2 aliphatic carbocycles. The summed E-state index contributed by atoms with van der Waals surface area (Å²) >= 11 is 0. The molecule has 2 unspecified atom stereocenters. The van der Waals surface area contributed by atoms with Crippen LogP contribution >= 0.6 is 0 Å². The highest BCUT2D eigenvalue weighted by Crippen LogP contribution is 2.49. The molecule has 136 valence electrons. The second-order valence-electron chi connectivity index (χ2n) is 8.76. The van der Waals surface area contributed by atoms with Gasteiger partial charge in [-0.05, 0) is 75.4 Å². The molecule has 0 spiro atoms. The molecule has 2 N–H and O–H groups in total. The molecular weight excluding hydrogens is 322 g/mol. The molecule has 1 saturated heterocycles. The van der Waals surface area contributed by atoms with E-state index in [1.54, 1.807) is 0 Å². The van der Waals surface area contributed by atoms with Crippen LogP contribution < -0.4 is 10.6 Å².